The van der Waals surface area contributed by atoms with E-state index in [0.717, 1.165) is 17.1 Å². The molecule has 18 heavy (non-hydrogen) atoms. The van der Waals surface area contributed by atoms with Gasteiger partial charge >= 0.3 is 5.97 Å². The number of hydrogen-bond donors (Lipinski definition) is 1. The monoisotopic (exact) mass is 270 g/mol. The molecule has 100 valence electrons. The fraction of sp³-hybridized carbons (Fsp3) is 0.500. The van der Waals surface area contributed by atoms with Gasteiger partial charge in [-0.3, -0.25) is 4.79 Å². The summed E-state index contributed by atoms with van der Waals surface area (Å²) < 4.78 is 9.56. The fourth-order valence-corrected chi connectivity index (χ4v) is 2.11. The van der Waals surface area contributed by atoms with Gasteiger partial charge in [-0.05, 0) is 11.6 Å². The highest BCUT2D eigenvalue weighted by atomic mass is 32.2. The molecule has 1 aromatic heterocycles. The Hall–Kier alpha value is -1.11. The van der Waals surface area contributed by atoms with Crippen molar-refractivity contribution in [1.82, 2.24) is 10.3 Å². The number of rotatable bonds is 8. The summed E-state index contributed by atoms with van der Waals surface area (Å²) in [5, 5.41) is 4.10. The molecule has 0 atom stereocenters. The lowest BCUT2D eigenvalue weighted by Crippen LogP contribution is -2.19. The van der Waals surface area contributed by atoms with Gasteiger partial charge in [-0.25, -0.2) is 4.98 Å². The summed E-state index contributed by atoms with van der Waals surface area (Å²) in [6, 6.07) is 3.88. The number of carbonyl (C=O) groups is 1. The van der Waals surface area contributed by atoms with Crippen LogP contribution in [-0.4, -0.2) is 44.1 Å². The van der Waals surface area contributed by atoms with Gasteiger partial charge in [0.2, 0.25) is 0 Å². The first-order valence-corrected chi connectivity index (χ1v) is 6.59. The SMILES string of the molecule is COCCNCc1cccnc1SCC(=O)OC. The average molecular weight is 270 g/mol. The van der Waals surface area contributed by atoms with E-state index >= 15 is 0 Å². The van der Waals surface area contributed by atoms with E-state index in [4.69, 9.17) is 4.74 Å². The number of methoxy groups -OCH3 is 2. The van der Waals surface area contributed by atoms with Crippen molar-refractivity contribution in [2.75, 3.05) is 33.1 Å². The van der Waals surface area contributed by atoms with Crippen LogP contribution in [0.2, 0.25) is 0 Å². The standard InChI is InChI=1S/C12H18N2O3S/c1-16-7-6-13-8-10-4-3-5-14-12(10)18-9-11(15)17-2/h3-5,13H,6-9H2,1-2H3. The van der Waals surface area contributed by atoms with Crippen molar-refractivity contribution in [3.8, 4) is 0 Å². The number of nitrogens with zero attached hydrogens (tertiary/aromatic N) is 1. The number of nitrogens with one attached hydrogen (secondary N) is 1. The van der Waals surface area contributed by atoms with Crippen molar-refractivity contribution < 1.29 is 14.3 Å². The average Bonchev–Trinajstić information content (AvgIpc) is 2.42. The Morgan fingerprint density at radius 3 is 3.06 bits per heavy atom. The number of esters is 1. The Kier molecular flexibility index (Phi) is 7.40. The number of aromatic nitrogens is 1. The van der Waals surface area contributed by atoms with Crippen molar-refractivity contribution in [2.24, 2.45) is 0 Å². The molecule has 0 radical (unpaired) electrons. The predicted molar refractivity (Wildman–Crippen MR) is 70.6 cm³/mol. The van der Waals surface area contributed by atoms with Gasteiger partial charge in [-0.15, -0.1) is 0 Å². The van der Waals surface area contributed by atoms with E-state index in [1.165, 1.54) is 18.9 Å². The van der Waals surface area contributed by atoms with Crippen LogP contribution in [0.1, 0.15) is 5.56 Å². The van der Waals surface area contributed by atoms with E-state index in [1.54, 1.807) is 13.3 Å². The summed E-state index contributed by atoms with van der Waals surface area (Å²) in [5.41, 5.74) is 1.07. The molecule has 0 aromatic carbocycles. The molecule has 0 amide bonds. The van der Waals surface area contributed by atoms with E-state index in [9.17, 15) is 4.79 Å². The molecule has 0 saturated carbocycles. The molecule has 0 aliphatic rings. The second-order valence-corrected chi connectivity index (χ2v) is 4.47. The zero-order valence-electron chi connectivity index (χ0n) is 10.6. The lowest BCUT2D eigenvalue weighted by molar-refractivity contribution is -0.137. The third-order valence-corrected chi connectivity index (χ3v) is 3.22. The molecule has 1 N–H and O–H groups in total. The summed E-state index contributed by atoms with van der Waals surface area (Å²) in [5.74, 6) is 0.0300. The molecule has 1 rings (SSSR count). The van der Waals surface area contributed by atoms with Crippen LogP contribution in [0.15, 0.2) is 23.4 Å². The first-order chi connectivity index (χ1) is 8.77. The van der Waals surface area contributed by atoms with Crippen molar-refractivity contribution in [3.63, 3.8) is 0 Å². The maximum atomic E-state index is 11.1. The zero-order chi connectivity index (χ0) is 13.2. The first kappa shape index (κ1) is 14.9. The minimum absolute atomic E-state index is 0.246. The molecule has 0 fully saturated rings. The van der Waals surface area contributed by atoms with Crippen LogP contribution in [-0.2, 0) is 20.8 Å². The minimum atomic E-state index is -0.246. The van der Waals surface area contributed by atoms with Gasteiger partial charge < -0.3 is 14.8 Å². The van der Waals surface area contributed by atoms with Gasteiger partial charge in [0.15, 0.2) is 0 Å². The largest absolute Gasteiger partial charge is 0.468 e. The molecular formula is C12H18N2O3S. The van der Waals surface area contributed by atoms with Crippen LogP contribution in [0.25, 0.3) is 0 Å². The van der Waals surface area contributed by atoms with Crippen LogP contribution in [0.3, 0.4) is 0 Å². The summed E-state index contributed by atoms with van der Waals surface area (Å²) in [6.07, 6.45) is 1.72. The van der Waals surface area contributed by atoms with E-state index in [-0.39, 0.29) is 11.7 Å². The predicted octanol–water partition coefficient (Wildman–Crippen LogP) is 1.08. The Morgan fingerprint density at radius 2 is 2.33 bits per heavy atom. The van der Waals surface area contributed by atoms with Crippen molar-refractivity contribution >= 4 is 17.7 Å². The smallest absolute Gasteiger partial charge is 0.316 e. The topological polar surface area (TPSA) is 60.5 Å². The second kappa shape index (κ2) is 8.91. The van der Waals surface area contributed by atoms with Gasteiger partial charge in [0.1, 0.15) is 5.03 Å². The molecule has 0 unspecified atom stereocenters. The Bertz CT molecular complexity index is 374. The maximum Gasteiger partial charge on any atom is 0.316 e. The lowest BCUT2D eigenvalue weighted by atomic mass is 10.3. The van der Waals surface area contributed by atoms with Gasteiger partial charge in [0, 0.05) is 26.4 Å². The third-order valence-electron chi connectivity index (χ3n) is 2.20. The summed E-state index contributed by atoms with van der Waals surface area (Å²) in [7, 11) is 3.05. The van der Waals surface area contributed by atoms with Crippen LogP contribution in [0.4, 0.5) is 0 Å². The molecule has 0 saturated heterocycles. The summed E-state index contributed by atoms with van der Waals surface area (Å²) in [6.45, 7) is 2.16. The summed E-state index contributed by atoms with van der Waals surface area (Å²) >= 11 is 1.39. The van der Waals surface area contributed by atoms with E-state index in [0.29, 0.717) is 13.2 Å². The van der Waals surface area contributed by atoms with Crippen LogP contribution < -0.4 is 5.32 Å². The van der Waals surface area contributed by atoms with Crippen LogP contribution >= 0.6 is 11.8 Å². The number of ether oxygens (including phenoxy) is 2. The minimum Gasteiger partial charge on any atom is -0.468 e. The van der Waals surface area contributed by atoms with E-state index in [1.807, 2.05) is 12.1 Å². The zero-order valence-corrected chi connectivity index (χ0v) is 11.5. The summed E-state index contributed by atoms with van der Waals surface area (Å²) in [4.78, 5) is 15.4. The second-order valence-electron chi connectivity index (χ2n) is 3.50. The number of carbonyl (C=O) groups excluding carboxylic acids is 1. The molecule has 0 aliphatic heterocycles. The van der Waals surface area contributed by atoms with Crippen LogP contribution in [0.5, 0.6) is 0 Å². The molecule has 1 heterocycles. The molecule has 6 heteroatoms. The Morgan fingerprint density at radius 1 is 1.50 bits per heavy atom. The maximum absolute atomic E-state index is 11.1. The highest BCUT2D eigenvalue weighted by molar-refractivity contribution is 7.99. The Balaban J connectivity index is 2.48. The van der Waals surface area contributed by atoms with Gasteiger partial charge in [0.25, 0.3) is 0 Å². The van der Waals surface area contributed by atoms with Gasteiger partial charge in [-0.2, -0.15) is 0 Å². The quantitative estimate of drug-likeness (QED) is 0.433. The molecular weight excluding hydrogens is 252 g/mol. The molecule has 0 aliphatic carbocycles. The van der Waals surface area contributed by atoms with Gasteiger partial charge in [-0.1, -0.05) is 17.8 Å². The first-order valence-electron chi connectivity index (χ1n) is 5.61. The van der Waals surface area contributed by atoms with Crippen molar-refractivity contribution in [3.05, 3.63) is 23.9 Å². The number of hydrogen-bond acceptors (Lipinski definition) is 6. The molecule has 0 spiro atoms. The molecule has 0 bridgehead atoms. The number of thioether (sulfide) groups is 1. The normalized spacial score (nSPS) is 10.3. The van der Waals surface area contributed by atoms with Gasteiger partial charge in [0.05, 0.1) is 19.5 Å². The Labute approximate surface area is 111 Å². The highest BCUT2D eigenvalue weighted by Crippen LogP contribution is 2.19. The van der Waals surface area contributed by atoms with E-state index in [2.05, 4.69) is 15.0 Å². The van der Waals surface area contributed by atoms with Crippen molar-refractivity contribution in [2.45, 2.75) is 11.6 Å². The lowest BCUT2D eigenvalue weighted by Gasteiger charge is -2.08. The van der Waals surface area contributed by atoms with E-state index < -0.39 is 0 Å². The van der Waals surface area contributed by atoms with Crippen molar-refractivity contribution in [1.29, 1.82) is 0 Å². The van der Waals surface area contributed by atoms with Crippen LogP contribution in [0, 0.1) is 0 Å². The fourth-order valence-electron chi connectivity index (χ4n) is 1.27. The third kappa shape index (κ3) is 5.48. The molecule has 5 nitrogen and oxygen atoms in total. The highest BCUT2D eigenvalue weighted by Gasteiger charge is 2.07. The number of pyridine rings is 1. The molecule has 1 aromatic rings.